The highest BCUT2D eigenvalue weighted by molar-refractivity contribution is 6.33. The van der Waals surface area contributed by atoms with Crippen LogP contribution in [0.15, 0.2) is 42.5 Å². The van der Waals surface area contributed by atoms with Crippen molar-refractivity contribution < 1.29 is 19.1 Å². The molecule has 0 unspecified atom stereocenters. The maximum atomic E-state index is 12.4. The van der Waals surface area contributed by atoms with Gasteiger partial charge in [-0.15, -0.1) is 0 Å². The first-order valence-electron chi connectivity index (χ1n) is 8.77. The molecule has 0 aliphatic rings. The Hall–Kier alpha value is -3.10. The predicted octanol–water partition coefficient (Wildman–Crippen LogP) is 2.82. The van der Waals surface area contributed by atoms with Crippen molar-refractivity contribution in [1.29, 1.82) is 0 Å². The zero-order valence-corrected chi connectivity index (χ0v) is 17.2. The van der Waals surface area contributed by atoms with Gasteiger partial charge in [-0.1, -0.05) is 23.7 Å². The summed E-state index contributed by atoms with van der Waals surface area (Å²) in [5.41, 5.74) is 1.45. The SMILES string of the molecule is COc1ccc(NC(C)=O)cc1NC(=O)CN(C)CC(=O)Nc1ccccc1Cl. The Balaban J connectivity index is 1.93. The summed E-state index contributed by atoms with van der Waals surface area (Å²) in [5.74, 6) is -0.404. The minimum Gasteiger partial charge on any atom is -0.495 e. The molecule has 0 spiro atoms. The summed E-state index contributed by atoms with van der Waals surface area (Å²) in [4.78, 5) is 37.3. The van der Waals surface area contributed by atoms with E-state index in [1.54, 1.807) is 54.4 Å². The first-order chi connectivity index (χ1) is 13.8. The van der Waals surface area contributed by atoms with Crippen LogP contribution in [0.3, 0.4) is 0 Å². The maximum absolute atomic E-state index is 12.4. The summed E-state index contributed by atoms with van der Waals surface area (Å²) in [5, 5.41) is 8.51. The number of amides is 3. The zero-order chi connectivity index (χ0) is 21.4. The molecule has 0 fully saturated rings. The number of ether oxygens (including phenoxy) is 1. The number of rotatable bonds is 8. The van der Waals surface area contributed by atoms with Crippen LogP contribution in [-0.2, 0) is 14.4 Å². The van der Waals surface area contributed by atoms with Crippen LogP contribution in [0.25, 0.3) is 0 Å². The van der Waals surface area contributed by atoms with Gasteiger partial charge in [-0.2, -0.15) is 0 Å². The van der Waals surface area contributed by atoms with Crippen LogP contribution in [-0.4, -0.2) is 49.9 Å². The minimum atomic E-state index is -0.337. The largest absolute Gasteiger partial charge is 0.495 e. The number of anilines is 3. The van der Waals surface area contributed by atoms with Crippen LogP contribution in [0.5, 0.6) is 5.75 Å². The van der Waals surface area contributed by atoms with Crippen molar-refractivity contribution in [3.8, 4) is 5.75 Å². The van der Waals surface area contributed by atoms with E-state index in [1.165, 1.54) is 14.0 Å². The van der Waals surface area contributed by atoms with Gasteiger partial charge in [-0.05, 0) is 37.4 Å². The molecule has 2 aromatic rings. The van der Waals surface area contributed by atoms with Crippen LogP contribution in [0.2, 0.25) is 5.02 Å². The van der Waals surface area contributed by atoms with Gasteiger partial charge in [0.25, 0.3) is 0 Å². The van der Waals surface area contributed by atoms with E-state index in [9.17, 15) is 14.4 Å². The standard InChI is InChI=1S/C20H23ClN4O4/c1-13(26)22-14-8-9-18(29-3)17(10-14)24-20(28)12-25(2)11-19(27)23-16-7-5-4-6-15(16)21/h4-10H,11-12H2,1-3H3,(H,22,26)(H,23,27)(H,24,28). The summed E-state index contributed by atoms with van der Waals surface area (Å²) in [6.07, 6.45) is 0. The number of carbonyl (C=O) groups excluding carboxylic acids is 3. The monoisotopic (exact) mass is 418 g/mol. The van der Waals surface area contributed by atoms with Gasteiger partial charge in [0.2, 0.25) is 17.7 Å². The normalized spacial score (nSPS) is 10.4. The second-order valence-corrected chi connectivity index (χ2v) is 6.75. The quantitative estimate of drug-likeness (QED) is 0.612. The van der Waals surface area contributed by atoms with E-state index in [2.05, 4.69) is 16.0 Å². The molecule has 3 amide bonds. The van der Waals surface area contributed by atoms with Crippen molar-refractivity contribution in [2.45, 2.75) is 6.92 Å². The second-order valence-electron chi connectivity index (χ2n) is 6.34. The van der Waals surface area contributed by atoms with Crippen molar-refractivity contribution in [2.24, 2.45) is 0 Å². The molecular formula is C20H23ClN4O4. The smallest absolute Gasteiger partial charge is 0.238 e. The molecule has 0 radical (unpaired) electrons. The summed E-state index contributed by atoms with van der Waals surface area (Å²) in [6, 6.07) is 11.8. The summed E-state index contributed by atoms with van der Waals surface area (Å²) < 4.78 is 5.24. The van der Waals surface area contributed by atoms with Gasteiger partial charge in [0.1, 0.15) is 5.75 Å². The highest BCUT2D eigenvalue weighted by Crippen LogP contribution is 2.27. The van der Waals surface area contributed by atoms with Crippen LogP contribution in [0.4, 0.5) is 17.1 Å². The van der Waals surface area contributed by atoms with Gasteiger partial charge in [-0.25, -0.2) is 0 Å². The number of hydrogen-bond donors (Lipinski definition) is 3. The lowest BCUT2D eigenvalue weighted by Crippen LogP contribution is -2.36. The van der Waals surface area contributed by atoms with Crippen LogP contribution in [0.1, 0.15) is 6.92 Å². The lowest BCUT2D eigenvalue weighted by Gasteiger charge is -2.17. The Morgan fingerprint density at radius 1 is 0.966 bits per heavy atom. The topological polar surface area (TPSA) is 99.8 Å². The lowest BCUT2D eigenvalue weighted by molar-refractivity contribution is -0.119. The van der Waals surface area contributed by atoms with Gasteiger partial charge in [0.05, 0.1) is 36.6 Å². The average molecular weight is 419 g/mol. The molecule has 0 heterocycles. The first-order valence-corrected chi connectivity index (χ1v) is 9.14. The molecule has 0 saturated carbocycles. The Morgan fingerprint density at radius 3 is 2.17 bits per heavy atom. The highest BCUT2D eigenvalue weighted by Gasteiger charge is 2.14. The number of benzene rings is 2. The van der Waals surface area contributed by atoms with E-state index in [1.807, 2.05) is 0 Å². The van der Waals surface area contributed by atoms with E-state index in [0.29, 0.717) is 27.8 Å². The number of para-hydroxylation sites is 1. The number of methoxy groups -OCH3 is 1. The summed E-state index contributed by atoms with van der Waals surface area (Å²) in [7, 11) is 3.13. The molecule has 29 heavy (non-hydrogen) atoms. The molecule has 0 bridgehead atoms. The van der Waals surface area contributed by atoms with Crippen molar-refractivity contribution in [3.63, 3.8) is 0 Å². The fourth-order valence-electron chi connectivity index (χ4n) is 2.57. The zero-order valence-electron chi connectivity index (χ0n) is 16.4. The lowest BCUT2D eigenvalue weighted by atomic mass is 10.2. The molecule has 0 aromatic heterocycles. The van der Waals surface area contributed by atoms with Gasteiger partial charge >= 0.3 is 0 Å². The first kappa shape index (κ1) is 22.2. The van der Waals surface area contributed by atoms with Gasteiger partial charge in [0.15, 0.2) is 0 Å². The fourth-order valence-corrected chi connectivity index (χ4v) is 2.76. The van der Waals surface area contributed by atoms with E-state index in [0.717, 1.165) is 0 Å². The summed E-state index contributed by atoms with van der Waals surface area (Å²) >= 11 is 6.02. The fraction of sp³-hybridized carbons (Fsp3) is 0.250. The Bertz CT molecular complexity index is 904. The second kappa shape index (κ2) is 10.4. The number of carbonyl (C=O) groups is 3. The van der Waals surface area contributed by atoms with Crippen molar-refractivity contribution >= 4 is 46.4 Å². The van der Waals surface area contributed by atoms with Crippen molar-refractivity contribution in [1.82, 2.24) is 4.90 Å². The molecule has 154 valence electrons. The van der Waals surface area contributed by atoms with Crippen molar-refractivity contribution in [2.75, 3.05) is 43.2 Å². The molecule has 9 heteroatoms. The van der Waals surface area contributed by atoms with E-state index in [4.69, 9.17) is 16.3 Å². The molecule has 2 aromatic carbocycles. The van der Waals surface area contributed by atoms with Crippen LogP contribution in [0, 0.1) is 0 Å². The predicted molar refractivity (Wildman–Crippen MR) is 114 cm³/mol. The highest BCUT2D eigenvalue weighted by atomic mass is 35.5. The Morgan fingerprint density at radius 2 is 1.59 bits per heavy atom. The Kier molecular flexibility index (Phi) is 7.99. The molecule has 8 nitrogen and oxygen atoms in total. The number of halogens is 1. The third-order valence-corrected chi connectivity index (χ3v) is 4.10. The van der Waals surface area contributed by atoms with Gasteiger partial charge in [0, 0.05) is 12.6 Å². The maximum Gasteiger partial charge on any atom is 0.238 e. The van der Waals surface area contributed by atoms with Crippen molar-refractivity contribution in [3.05, 3.63) is 47.5 Å². The average Bonchev–Trinajstić information content (AvgIpc) is 2.63. The van der Waals surface area contributed by atoms with Crippen LogP contribution >= 0.6 is 11.6 Å². The molecule has 3 N–H and O–H groups in total. The minimum absolute atomic E-state index is 0.00170. The Labute approximate surface area is 174 Å². The molecule has 0 aliphatic carbocycles. The molecule has 2 rings (SSSR count). The summed E-state index contributed by atoms with van der Waals surface area (Å²) in [6.45, 7) is 1.37. The molecule has 0 saturated heterocycles. The van der Waals surface area contributed by atoms with E-state index in [-0.39, 0.29) is 30.8 Å². The third kappa shape index (κ3) is 7.10. The molecule has 0 aliphatic heterocycles. The molecule has 0 atom stereocenters. The van der Waals surface area contributed by atoms with E-state index >= 15 is 0 Å². The molecular weight excluding hydrogens is 396 g/mol. The van der Waals surface area contributed by atoms with Gasteiger partial charge < -0.3 is 20.7 Å². The van der Waals surface area contributed by atoms with E-state index < -0.39 is 0 Å². The number of nitrogens with one attached hydrogen (secondary N) is 3. The third-order valence-electron chi connectivity index (χ3n) is 3.77. The van der Waals surface area contributed by atoms with Gasteiger partial charge in [-0.3, -0.25) is 19.3 Å². The van der Waals surface area contributed by atoms with Crippen LogP contribution < -0.4 is 20.7 Å². The number of nitrogens with zero attached hydrogens (tertiary/aromatic N) is 1. The number of likely N-dealkylation sites (N-methyl/N-ethyl adjacent to an activating group) is 1. The number of hydrogen-bond acceptors (Lipinski definition) is 5.